The Kier molecular flexibility index (Phi) is 6.63. The van der Waals surface area contributed by atoms with Crippen LogP contribution in [-0.4, -0.2) is 30.2 Å². The minimum Gasteiger partial charge on any atom is -0.497 e. The zero-order valence-corrected chi connectivity index (χ0v) is 15.9. The van der Waals surface area contributed by atoms with Crippen LogP contribution >= 0.6 is 0 Å². The van der Waals surface area contributed by atoms with Crippen molar-refractivity contribution < 1.29 is 4.74 Å². The summed E-state index contributed by atoms with van der Waals surface area (Å²) >= 11 is 0. The second kappa shape index (κ2) is 9.57. The summed E-state index contributed by atoms with van der Waals surface area (Å²) in [6.45, 7) is 4.62. The lowest BCUT2D eigenvalue weighted by Gasteiger charge is -2.22. The molecule has 3 aromatic rings. The molecule has 0 saturated carbocycles. The molecule has 140 valence electrons. The summed E-state index contributed by atoms with van der Waals surface area (Å²) in [5.74, 6) is 2.47. The number of rotatable bonds is 9. The Balaban J connectivity index is 1.60. The third-order valence-electron chi connectivity index (χ3n) is 4.39. The molecule has 0 radical (unpaired) electrons. The lowest BCUT2D eigenvalue weighted by molar-refractivity contribution is 0.414. The van der Waals surface area contributed by atoms with Gasteiger partial charge in [0.05, 0.1) is 7.11 Å². The van der Waals surface area contributed by atoms with Crippen molar-refractivity contribution >= 4 is 11.8 Å². The first-order chi connectivity index (χ1) is 13.3. The zero-order valence-electron chi connectivity index (χ0n) is 15.9. The summed E-state index contributed by atoms with van der Waals surface area (Å²) in [6.07, 6.45) is 2.69. The third kappa shape index (κ3) is 5.45. The highest BCUT2D eigenvalue weighted by Gasteiger charge is 2.08. The number of hydrogen-bond donors (Lipinski definition) is 1. The van der Waals surface area contributed by atoms with E-state index in [2.05, 4.69) is 63.5 Å². The molecular weight excluding hydrogens is 336 g/mol. The van der Waals surface area contributed by atoms with Crippen molar-refractivity contribution in [3.8, 4) is 5.75 Å². The Morgan fingerprint density at radius 3 is 2.59 bits per heavy atom. The van der Waals surface area contributed by atoms with Crippen LogP contribution in [0, 0.1) is 0 Å². The lowest BCUT2D eigenvalue weighted by Crippen LogP contribution is -2.23. The predicted octanol–water partition coefficient (Wildman–Crippen LogP) is 4.17. The van der Waals surface area contributed by atoms with E-state index in [4.69, 9.17) is 4.74 Å². The molecule has 0 aliphatic rings. The predicted molar refractivity (Wildman–Crippen MR) is 110 cm³/mol. The van der Waals surface area contributed by atoms with E-state index in [0.29, 0.717) is 5.95 Å². The molecule has 0 fully saturated rings. The maximum atomic E-state index is 5.27. The molecule has 0 atom stereocenters. The summed E-state index contributed by atoms with van der Waals surface area (Å²) in [6, 6.07) is 20.5. The molecule has 0 saturated heterocycles. The topological polar surface area (TPSA) is 50.3 Å². The number of hydrogen-bond acceptors (Lipinski definition) is 5. The molecule has 3 rings (SSSR count). The molecule has 1 N–H and O–H groups in total. The first kappa shape index (κ1) is 18.7. The molecule has 0 spiro atoms. The van der Waals surface area contributed by atoms with Crippen molar-refractivity contribution in [2.24, 2.45) is 0 Å². The van der Waals surface area contributed by atoms with Gasteiger partial charge in [0.1, 0.15) is 11.6 Å². The van der Waals surface area contributed by atoms with E-state index in [-0.39, 0.29) is 0 Å². The number of nitrogens with zero attached hydrogens (tertiary/aromatic N) is 3. The monoisotopic (exact) mass is 362 g/mol. The fourth-order valence-electron chi connectivity index (χ4n) is 2.92. The van der Waals surface area contributed by atoms with Gasteiger partial charge < -0.3 is 15.0 Å². The Morgan fingerprint density at radius 2 is 1.81 bits per heavy atom. The summed E-state index contributed by atoms with van der Waals surface area (Å²) in [7, 11) is 1.69. The van der Waals surface area contributed by atoms with E-state index in [0.717, 1.165) is 37.6 Å². The van der Waals surface area contributed by atoms with Crippen LogP contribution < -0.4 is 15.0 Å². The van der Waals surface area contributed by atoms with Gasteiger partial charge in [-0.1, -0.05) is 42.5 Å². The molecule has 0 unspecified atom stereocenters. The Morgan fingerprint density at radius 1 is 1.00 bits per heavy atom. The van der Waals surface area contributed by atoms with Gasteiger partial charge in [0.15, 0.2) is 0 Å². The molecule has 2 aromatic carbocycles. The maximum absolute atomic E-state index is 5.27. The number of nitrogens with one attached hydrogen (secondary N) is 1. The molecule has 1 heterocycles. The van der Waals surface area contributed by atoms with Crippen molar-refractivity contribution in [3.63, 3.8) is 0 Å². The Hall–Kier alpha value is -3.08. The molecule has 27 heavy (non-hydrogen) atoms. The highest BCUT2D eigenvalue weighted by atomic mass is 16.5. The summed E-state index contributed by atoms with van der Waals surface area (Å²) in [5, 5.41) is 3.32. The molecule has 1 aromatic heterocycles. The highest BCUT2D eigenvalue weighted by Crippen LogP contribution is 2.16. The Bertz CT molecular complexity index is 838. The number of ether oxygens (including phenoxy) is 1. The maximum Gasteiger partial charge on any atom is 0.224 e. The first-order valence-electron chi connectivity index (χ1n) is 9.27. The second-order valence-corrected chi connectivity index (χ2v) is 6.27. The van der Waals surface area contributed by atoms with Crippen LogP contribution in [-0.2, 0) is 13.0 Å². The van der Waals surface area contributed by atoms with E-state index in [1.165, 1.54) is 11.1 Å². The SMILES string of the molecule is CCN(Cc1ccccc1)c1ccnc(NCCc2cccc(OC)c2)n1. The van der Waals surface area contributed by atoms with Gasteiger partial charge in [-0.3, -0.25) is 0 Å². The highest BCUT2D eigenvalue weighted by molar-refractivity contribution is 5.43. The summed E-state index contributed by atoms with van der Waals surface area (Å²) in [4.78, 5) is 11.3. The van der Waals surface area contributed by atoms with Crippen molar-refractivity contribution in [2.75, 3.05) is 30.4 Å². The van der Waals surface area contributed by atoms with E-state index in [1.54, 1.807) is 7.11 Å². The van der Waals surface area contributed by atoms with E-state index < -0.39 is 0 Å². The summed E-state index contributed by atoms with van der Waals surface area (Å²) < 4.78 is 5.27. The van der Waals surface area contributed by atoms with Crippen LogP contribution in [0.5, 0.6) is 5.75 Å². The fourth-order valence-corrected chi connectivity index (χ4v) is 2.92. The molecule has 5 nitrogen and oxygen atoms in total. The van der Waals surface area contributed by atoms with Crippen LogP contribution in [0.4, 0.5) is 11.8 Å². The lowest BCUT2D eigenvalue weighted by atomic mass is 10.1. The number of anilines is 2. The van der Waals surface area contributed by atoms with Gasteiger partial charge in [0.25, 0.3) is 0 Å². The zero-order chi connectivity index (χ0) is 18.9. The van der Waals surface area contributed by atoms with Gasteiger partial charge in [-0.05, 0) is 42.7 Å². The van der Waals surface area contributed by atoms with Gasteiger partial charge in [0.2, 0.25) is 5.95 Å². The first-order valence-corrected chi connectivity index (χ1v) is 9.27. The van der Waals surface area contributed by atoms with E-state index in [1.807, 2.05) is 30.5 Å². The van der Waals surface area contributed by atoms with Crippen molar-refractivity contribution in [2.45, 2.75) is 19.9 Å². The van der Waals surface area contributed by atoms with Crippen molar-refractivity contribution in [1.29, 1.82) is 0 Å². The number of benzene rings is 2. The van der Waals surface area contributed by atoms with Crippen molar-refractivity contribution in [3.05, 3.63) is 78.0 Å². The average Bonchev–Trinajstić information content (AvgIpc) is 2.73. The van der Waals surface area contributed by atoms with Crippen molar-refractivity contribution in [1.82, 2.24) is 9.97 Å². The molecular formula is C22H26N4O. The normalized spacial score (nSPS) is 10.4. The number of aromatic nitrogens is 2. The minimum absolute atomic E-state index is 0.655. The van der Waals surface area contributed by atoms with Gasteiger partial charge >= 0.3 is 0 Å². The van der Waals surface area contributed by atoms with E-state index >= 15 is 0 Å². The largest absolute Gasteiger partial charge is 0.497 e. The van der Waals surface area contributed by atoms with Gasteiger partial charge in [-0.15, -0.1) is 0 Å². The van der Waals surface area contributed by atoms with Gasteiger partial charge in [0, 0.05) is 25.8 Å². The third-order valence-corrected chi connectivity index (χ3v) is 4.39. The fraction of sp³-hybridized carbons (Fsp3) is 0.273. The van der Waals surface area contributed by atoms with Gasteiger partial charge in [-0.25, -0.2) is 4.98 Å². The summed E-state index contributed by atoms with van der Waals surface area (Å²) in [5.41, 5.74) is 2.49. The second-order valence-electron chi connectivity index (χ2n) is 6.27. The van der Waals surface area contributed by atoms with Crippen LogP contribution in [0.2, 0.25) is 0 Å². The smallest absolute Gasteiger partial charge is 0.224 e. The minimum atomic E-state index is 0.655. The molecule has 0 aliphatic carbocycles. The standard InChI is InChI=1S/C22H26N4O/c1-3-26(17-19-8-5-4-6-9-19)21-13-15-24-22(25-21)23-14-12-18-10-7-11-20(16-18)27-2/h4-11,13,15-16H,3,12,14,17H2,1-2H3,(H,23,24,25). The van der Waals surface area contributed by atoms with Crippen LogP contribution in [0.25, 0.3) is 0 Å². The number of methoxy groups -OCH3 is 1. The average molecular weight is 362 g/mol. The van der Waals surface area contributed by atoms with Crippen LogP contribution in [0.1, 0.15) is 18.1 Å². The molecule has 0 aliphatic heterocycles. The molecule has 0 amide bonds. The Labute approximate surface area is 161 Å². The molecule has 5 heteroatoms. The van der Waals surface area contributed by atoms with E-state index in [9.17, 15) is 0 Å². The quantitative estimate of drug-likeness (QED) is 0.619. The molecule has 0 bridgehead atoms. The van der Waals surface area contributed by atoms with Crippen LogP contribution in [0.15, 0.2) is 66.9 Å². The van der Waals surface area contributed by atoms with Crippen LogP contribution in [0.3, 0.4) is 0 Å². The van der Waals surface area contributed by atoms with Gasteiger partial charge in [-0.2, -0.15) is 4.98 Å².